The highest BCUT2D eigenvalue weighted by Crippen LogP contribution is 2.38. The van der Waals surface area contributed by atoms with Gasteiger partial charge in [-0.3, -0.25) is 14.8 Å². The number of H-pyrrole nitrogens is 1. The lowest BCUT2D eigenvalue weighted by atomic mass is 10.1. The molecule has 1 unspecified atom stereocenters. The van der Waals surface area contributed by atoms with Crippen molar-refractivity contribution in [2.45, 2.75) is 31.2 Å². The SMILES string of the molecule is CN1CCN(C(=O)Cc2ccc3cn[nH]c3c2)CC1c1nc(C2CC2)no1. The zero-order chi connectivity index (χ0) is 18.4. The molecule has 1 aromatic carbocycles. The predicted molar refractivity (Wildman–Crippen MR) is 98.0 cm³/mol. The van der Waals surface area contributed by atoms with E-state index in [0.29, 0.717) is 31.3 Å². The molecule has 5 rings (SSSR count). The van der Waals surface area contributed by atoms with Crippen molar-refractivity contribution in [1.29, 1.82) is 0 Å². The summed E-state index contributed by atoms with van der Waals surface area (Å²) in [7, 11) is 2.04. The Bertz CT molecular complexity index is 975. The monoisotopic (exact) mass is 366 g/mol. The van der Waals surface area contributed by atoms with E-state index >= 15 is 0 Å². The van der Waals surface area contributed by atoms with Crippen LogP contribution in [-0.2, 0) is 11.2 Å². The minimum atomic E-state index is -0.0437. The number of carbonyl (C=O) groups excluding carboxylic acids is 1. The summed E-state index contributed by atoms with van der Waals surface area (Å²) in [6.07, 6.45) is 4.45. The van der Waals surface area contributed by atoms with Gasteiger partial charge in [-0.1, -0.05) is 17.3 Å². The minimum absolute atomic E-state index is 0.0437. The zero-order valence-electron chi connectivity index (χ0n) is 15.3. The first-order valence-corrected chi connectivity index (χ1v) is 9.41. The summed E-state index contributed by atoms with van der Waals surface area (Å²) in [6, 6.07) is 5.93. The number of hydrogen-bond donors (Lipinski definition) is 1. The molecule has 1 saturated heterocycles. The summed E-state index contributed by atoms with van der Waals surface area (Å²) in [5, 5.41) is 12.2. The topological polar surface area (TPSA) is 91.2 Å². The highest BCUT2D eigenvalue weighted by atomic mass is 16.5. The van der Waals surface area contributed by atoms with Crippen molar-refractivity contribution in [3.63, 3.8) is 0 Å². The average Bonchev–Trinajstić information content (AvgIpc) is 3.22. The van der Waals surface area contributed by atoms with Gasteiger partial charge in [0, 0.05) is 30.9 Å². The van der Waals surface area contributed by atoms with Crippen LogP contribution in [0.5, 0.6) is 0 Å². The fraction of sp³-hybridized carbons (Fsp3) is 0.474. The number of hydrogen-bond acceptors (Lipinski definition) is 6. The summed E-state index contributed by atoms with van der Waals surface area (Å²) < 4.78 is 5.51. The van der Waals surface area contributed by atoms with E-state index in [1.807, 2.05) is 30.1 Å². The number of aromatic nitrogens is 4. The molecule has 3 aromatic rings. The minimum Gasteiger partial charge on any atom is -0.339 e. The van der Waals surface area contributed by atoms with Gasteiger partial charge in [0.05, 0.1) is 18.1 Å². The number of nitrogens with one attached hydrogen (secondary N) is 1. The van der Waals surface area contributed by atoms with Crippen molar-refractivity contribution >= 4 is 16.8 Å². The quantitative estimate of drug-likeness (QED) is 0.758. The molecule has 8 nitrogen and oxygen atoms in total. The Kier molecular flexibility index (Phi) is 3.93. The van der Waals surface area contributed by atoms with Crippen LogP contribution in [0.1, 0.15) is 42.1 Å². The molecule has 2 fully saturated rings. The standard InChI is InChI=1S/C19H22N6O2/c1-24-6-7-25(11-16(24)19-21-18(23-27-19)13-4-5-13)17(26)9-12-2-3-14-10-20-22-15(14)8-12/h2-3,8,10,13,16H,4-7,9,11H2,1H3,(H,20,22). The maximum atomic E-state index is 12.9. The van der Waals surface area contributed by atoms with Crippen LogP contribution in [0.15, 0.2) is 28.9 Å². The number of fused-ring (bicyclic) bond motifs is 1. The maximum absolute atomic E-state index is 12.9. The fourth-order valence-electron chi connectivity index (χ4n) is 3.64. The normalized spacial score (nSPS) is 21.1. The third-order valence-electron chi connectivity index (χ3n) is 5.55. The molecule has 1 amide bonds. The van der Waals surface area contributed by atoms with E-state index in [0.717, 1.165) is 41.7 Å². The Morgan fingerprint density at radius 1 is 1.33 bits per heavy atom. The largest absolute Gasteiger partial charge is 0.339 e. The van der Waals surface area contributed by atoms with E-state index in [1.54, 1.807) is 6.20 Å². The molecule has 1 aliphatic heterocycles. The summed E-state index contributed by atoms with van der Waals surface area (Å²) in [4.78, 5) is 21.5. The number of likely N-dealkylation sites (N-methyl/N-ethyl adjacent to an activating group) is 1. The van der Waals surface area contributed by atoms with Gasteiger partial charge >= 0.3 is 0 Å². The summed E-state index contributed by atoms with van der Waals surface area (Å²) >= 11 is 0. The first-order valence-electron chi connectivity index (χ1n) is 9.41. The number of nitrogens with zero attached hydrogens (tertiary/aromatic N) is 5. The molecule has 1 atom stereocenters. The van der Waals surface area contributed by atoms with Crippen molar-refractivity contribution in [3.05, 3.63) is 41.7 Å². The lowest BCUT2D eigenvalue weighted by Gasteiger charge is -2.37. The zero-order valence-corrected chi connectivity index (χ0v) is 15.3. The Hall–Kier alpha value is -2.74. The first-order chi connectivity index (χ1) is 13.2. The van der Waals surface area contributed by atoms with Gasteiger partial charge in [-0.2, -0.15) is 10.1 Å². The number of benzene rings is 1. The molecule has 140 valence electrons. The summed E-state index contributed by atoms with van der Waals surface area (Å²) in [5.41, 5.74) is 1.94. The summed E-state index contributed by atoms with van der Waals surface area (Å²) in [6.45, 7) is 2.08. The van der Waals surface area contributed by atoms with Crippen LogP contribution in [0.4, 0.5) is 0 Å². The molecule has 0 spiro atoms. The van der Waals surface area contributed by atoms with Crippen LogP contribution in [0, 0.1) is 0 Å². The highest BCUT2D eigenvalue weighted by molar-refractivity contribution is 5.83. The van der Waals surface area contributed by atoms with Gasteiger partial charge in [0.1, 0.15) is 6.04 Å². The average molecular weight is 366 g/mol. The number of aromatic amines is 1. The lowest BCUT2D eigenvalue weighted by Crippen LogP contribution is -2.49. The van der Waals surface area contributed by atoms with E-state index in [9.17, 15) is 4.79 Å². The van der Waals surface area contributed by atoms with Gasteiger partial charge < -0.3 is 9.42 Å². The molecule has 0 bridgehead atoms. The van der Waals surface area contributed by atoms with Gasteiger partial charge in [-0.05, 0) is 31.5 Å². The Morgan fingerprint density at radius 2 is 2.22 bits per heavy atom. The van der Waals surface area contributed by atoms with E-state index in [-0.39, 0.29) is 11.9 Å². The van der Waals surface area contributed by atoms with Crippen LogP contribution >= 0.6 is 0 Å². The second kappa shape index (κ2) is 6.45. The van der Waals surface area contributed by atoms with Crippen LogP contribution in [0.3, 0.4) is 0 Å². The molecule has 3 heterocycles. The van der Waals surface area contributed by atoms with Crippen LogP contribution in [-0.4, -0.2) is 62.7 Å². The van der Waals surface area contributed by atoms with E-state index in [1.165, 1.54) is 0 Å². The maximum Gasteiger partial charge on any atom is 0.245 e. The Balaban J connectivity index is 1.29. The molecule has 8 heteroatoms. The second-order valence-electron chi connectivity index (χ2n) is 7.57. The van der Waals surface area contributed by atoms with Crippen LogP contribution < -0.4 is 0 Å². The fourth-order valence-corrected chi connectivity index (χ4v) is 3.64. The Labute approximate surface area is 156 Å². The Morgan fingerprint density at radius 3 is 3.07 bits per heavy atom. The molecular weight excluding hydrogens is 344 g/mol. The van der Waals surface area contributed by atoms with Gasteiger partial charge in [0.25, 0.3) is 0 Å². The molecule has 1 N–H and O–H groups in total. The van der Waals surface area contributed by atoms with E-state index in [2.05, 4.69) is 25.2 Å². The van der Waals surface area contributed by atoms with Crippen molar-refractivity contribution in [2.24, 2.45) is 0 Å². The third-order valence-corrected chi connectivity index (χ3v) is 5.55. The van der Waals surface area contributed by atoms with Crippen molar-refractivity contribution in [3.8, 4) is 0 Å². The predicted octanol–water partition coefficient (Wildman–Crippen LogP) is 1.88. The first kappa shape index (κ1) is 16.4. The third kappa shape index (κ3) is 3.21. The van der Waals surface area contributed by atoms with Crippen LogP contribution in [0.25, 0.3) is 10.9 Å². The molecule has 27 heavy (non-hydrogen) atoms. The molecule has 2 aliphatic rings. The van der Waals surface area contributed by atoms with Crippen molar-refractivity contribution in [2.75, 3.05) is 26.7 Å². The van der Waals surface area contributed by atoms with E-state index in [4.69, 9.17) is 4.52 Å². The van der Waals surface area contributed by atoms with Crippen molar-refractivity contribution < 1.29 is 9.32 Å². The molecule has 0 radical (unpaired) electrons. The van der Waals surface area contributed by atoms with E-state index < -0.39 is 0 Å². The molecule has 1 saturated carbocycles. The van der Waals surface area contributed by atoms with Gasteiger partial charge in [-0.25, -0.2) is 0 Å². The number of amides is 1. The van der Waals surface area contributed by atoms with Gasteiger partial charge in [0.2, 0.25) is 11.8 Å². The van der Waals surface area contributed by atoms with Gasteiger partial charge in [0.15, 0.2) is 5.82 Å². The number of piperazine rings is 1. The van der Waals surface area contributed by atoms with Crippen LogP contribution in [0.2, 0.25) is 0 Å². The smallest absolute Gasteiger partial charge is 0.245 e. The number of carbonyl (C=O) groups is 1. The van der Waals surface area contributed by atoms with Crippen molar-refractivity contribution in [1.82, 2.24) is 30.1 Å². The highest BCUT2D eigenvalue weighted by Gasteiger charge is 2.34. The second-order valence-corrected chi connectivity index (χ2v) is 7.57. The molecule has 1 aliphatic carbocycles. The van der Waals surface area contributed by atoms with Gasteiger partial charge in [-0.15, -0.1) is 0 Å². The number of rotatable bonds is 4. The lowest BCUT2D eigenvalue weighted by molar-refractivity contribution is -0.133. The molecule has 2 aromatic heterocycles. The summed E-state index contributed by atoms with van der Waals surface area (Å²) in [5.74, 6) is 2.02. The molecular formula is C19H22N6O2.